The molecule has 4 heteroatoms. The van der Waals surface area contributed by atoms with Gasteiger partial charge >= 0.3 is 6.09 Å². The summed E-state index contributed by atoms with van der Waals surface area (Å²) >= 11 is 0. The Morgan fingerprint density at radius 1 is 1.44 bits per heavy atom. The van der Waals surface area contributed by atoms with E-state index in [1.54, 1.807) is 0 Å². The van der Waals surface area contributed by atoms with Gasteiger partial charge in [-0.25, -0.2) is 4.79 Å². The first-order valence-electron chi connectivity index (χ1n) is 6.09. The molecule has 4 nitrogen and oxygen atoms in total. The second kappa shape index (κ2) is 3.62. The van der Waals surface area contributed by atoms with Crippen molar-refractivity contribution in [2.24, 2.45) is 5.73 Å². The van der Waals surface area contributed by atoms with Crippen LogP contribution in [-0.2, 0) is 4.74 Å². The minimum absolute atomic E-state index is 0.0295. The first kappa shape index (κ1) is 11.7. The van der Waals surface area contributed by atoms with E-state index >= 15 is 0 Å². The average Bonchev–Trinajstić information content (AvgIpc) is 2.44. The van der Waals surface area contributed by atoms with Gasteiger partial charge in [0, 0.05) is 18.1 Å². The number of carbonyl (C=O) groups excluding carboxylic acids is 1. The Morgan fingerprint density at radius 2 is 2.12 bits per heavy atom. The molecular formula is C12H22N2O2. The molecule has 1 aliphatic carbocycles. The number of rotatable bonds is 0. The summed E-state index contributed by atoms with van der Waals surface area (Å²) < 4.78 is 5.41. The van der Waals surface area contributed by atoms with E-state index in [9.17, 15) is 4.79 Å². The fourth-order valence-corrected chi connectivity index (χ4v) is 2.76. The number of hydrogen-bond acceptors (Lipinski definition) is 3. The second-order valence-corrected chi connectivity index (χ2v) is 6.11. The molecule has 1 spiro atoms. The van der Waals surface area contributed by atoms with Crippen LogP contribution < -0.4 is 5.73 Å². The molecule has 1 saturated carbocycles. The first-order chi connectivity index (χ1) is 7.32. The van der Waals surface area contributed by atoms with Gasteiger partial charge in [-0.1, -0.05) is 0 Å². The minimum atomic E-state index is -0.408. The molecule has 0 aromatic rings. The Bertz CT molecular complexity index is 298. The highest BCUT2D eigenvalue weighted by atomic mass is 16.6. The van der Waals surface area contributed by atoms with Crippen molar-refractivity contribution in [3.63, 3.8) is 0 Å². The van der Waals surface area contributed by atoms with Gasteiger partial charge in [0.25, 0.3) is 0 Å². The van der Waals surface area contributed by atoms with Crippen LogP contribution in [0.3, 0.4) is 0 Å². The topological polar surface area (TPSA) is 55.6 Å². The van der Waals surface area contributed by atoms with Crippen LogP contribution in [0, 0.1) is 0 Å². The van der Waals surface area contributed by atoms with Crippen molar-refractivity contribution in [2.45, 2.75) is 63.6 Å². The molecule has 1 saturated heterocycles. The van der Waals surface area contributed by atoms with Crippen molar-refractivity contribution >= 4 is 6.09 Å². The van der Waals surface area contributed by atoms with Gasteiger partial charge in [-0.3, -0.25) is 0 Å². The minimum Gasteiger partial charge on any atom is -0.444 e. The fourth-order valence-electron chi connectivity index (χ4n) is 2.76. The molecule has 2 N–H and O–H groups in total. The number of hydrogen-bond donors (Lipinski definition) is 1. The van der Waals surface area contributed by atoms with E-state index < -0.39 is 5.60 Å². The lowest BCUT2D eigenvalue weighted by molar-refractivity contribution is -0.0424. The highest BCUT2D eigenvalue weighted by Crippen LogP contribution is 2.44. The quantitative estimate of drug-likeness (QED) is 0.686. The number of ether oxygens (including phenoxy) is 1. The number of nitrogens with zero attached hydrogens (tertiary/aromatic N) is 1. The molecule has 0 aromatic heterocycles. The number of amides is 1. The van der Waals surface area contributed by atoms with Gasteiger partial charge < -0.3 is 15.4 Å². The normalized spacial score (nSPS) is 34.0. The third kappa shape index (κ3) is 2.03. The van der Waals surface area contributed by atoms with Crippen LogP contribution in [0.1, 0.15) is 46.5 Å². The highest BCUT2D eigenvalue weighted by Gasteiger charge is 2.52. The molecule has 2 unspecified atom stereocenters. The molecule has 1 heterocycles. The van der Waals surface area contributed by atoms with E-state index in [1.165, 1.54) is 0 Å². The molecule has 2 rings (SSSR count). The maximum absolute atomic E-state index is 12.0. The zero-order chi connectivity index (χ0) is 12.0. The molecule has 2 aliphatic rings. The standard InChI is InChI=1S/C12H22N2O2/c1-11(2,3)16-10(15)14-7-6-12(14)5-4-9(13)8-12/h9H,4-8,13H2,1-3H3. The Kier molecular flexibility index (Phi) is 2.65. The lowest BCUT2D eigenvalue weighted by Gasteiger charge is -2.50. The van der Waals surface area contributed by atoms with Crippen LogP contribution in [-0.4, -0.2) is 34.7 Å². The zero-order valence-electron chi connectivity index (χ0n) is 10.5. The van der Waals surface area contributed by atoms with Crippen molar-refractivity contribution in [3.05, 3.63) is 0 Å². The third-order valence-corrected chi connectivity index (χ3v) is 3.61. The van der Waals surface area contributed by atoms with Gasteiger partial charge in [-0.2, -0.15) is 0 Å². The molecular weight excluding hydrogens is 204 g/mol. The van der Waals surface area contributed by atoms with Crippen molar-refractivity contribution in [1.82, 2.24) is 4.90 Å². The summed E-state index contributed by atoms with van der Waals surface area (Å²) in [5.74, 6) is 0. The molecule has 0 radical (unpaired) electrons. The molecule has 1 aliphatic heterocycles. The Hall–Kier alpha value is -0.770. The lowest BCUT2D eigenvalue weighted by Crippen LogP contribution is -2.61. The lowest BCUT2D eigenvalue weighted by atomic mass is 9.83. The largest absolute Gasteiger partial charge is 0.444 e. The SMILES string of the molecule is CC(C)(C)OC(=O)N1CCC12CCC(N)C2. The Labute approximate surface area is 97.1 Å². The average molecular weight is 226 g/mol. The van der Waals surface area contributed by atoms with E-state index in [1.807, 2.05) is 25.7 Å². The molecule has 1 amide bonds. The van der Waals surface area contributed by atoms with Gasteiger partial charge in [0.05, 0.1) is 0 Å². The zero-order valence-corrected chi connectivity index (χ0v) is 10.5. The number of likely N-dealkylation sites (tertiary alicyclic amines) is 1. The summed E-state index contributed by atoms with van der Waals surface area (Å²) in [6.45, 7) is 6.52. The molecule has 0 bridgehead atoms. The van der Waals surface area contributed by atoms with Crippen molar-refractivity contribution in [2.75, 3.05) is 6.54 Å². The Morgan fingerprint density at radius 3 is 2.50 bits per heavy atom. The van der Waals surface area contributed by atoms with Gasteiger partial charge in [0.15, 0.2) is 0 Å². The van der Waals surface area contributed by atoms with Crippen LogP contribution in [0.25, 0.3) is 0 Å². The summed E-state index contributed by atoms with van der Waals surface area (Å²) in [5.41, 5.74) is 5.55. The smallest absolute Gasteiger partial charge is 0.410 e. The number of carbonyl (C=O) groups is 1. The highest BCUT2D eigenvalue weighted by molar-refractivity contribution is 5.70. The van der Waals surface area contributed by atoms with Crippen LogP contribution in [0.4, 0.5) is 4.79 Å². The van der Waals surface area contributed by atoms with Gasteiger partial charge in [-0.05, 0) is 46.5 Å². The van der Waals surface area contributed by atoms with E-state index in [4.69, 9.17) is 10.5 Å². The van der Waals surface area contributed by atoms with E-state index in [-0.39, 0.29) is 17.7 Å². The molecule has 2 fully saturated rings. The van der Waals surface area contributed by atoms with Crippen LogP contribution >= 0.6 is 0 Å². The maximum atomic E-state index is 12.0. The molecule has 2 atom stereocenters. The first-order valence-corrected chi connectivity index (χ1v) is 6.09. The van der Waals surface area contributed by atoms with Crippen molar-refractivity contribution in [1.29, 1.82) is 0 Å². The molecule has 92 valence electrons. The summed E-state index contributed by atoms with van der Waals surface area (Å²) in [4.78, 5) is 13.9. The fraction of sp³-hybridized carbons (Fsp3) is 0.917. The summed E-state index contributed by atoms with van der Waals surface area (Å²) in [6.07, 6.45) is 3.91. The van der Waals surface area contributed by atoms with E-state index in [2.05, 4.69) is 0 Å². The summed E-state index contributed by atoms with van der Waals surface area (Å²) in [7, 11) is 0. The van der Waals surface area contributed by atoms with E-state index in [0.717, 1.165) is 32.2 Å². The van der Waals surface area contributed by atoms with Crippen molar-refractivity contribution in [3.8, 4) is 0 Å². The number of nitrogens with two attached hydrogens (primary N) is 1. The third-order valence-electron chi connectivity index (χ3n) is 3.61. The van der Waals surface area contributed by atoms with Crippen LogP contribution in [0.5, 0.6) is 0 Å². The Balaban J connectivity index is 1.98. The van der Waals surface area contributed by atoms with Crippen LogP contribution in [0.2, 0.25) is 0 Å². The predicted octanol–water partition coefficient (Wildman–Crippen LogP) is 1.88. The van der Waals surface area contributed by atoms with Gasteiger partial charge in [-0.15, -0.1) is 0 Å². The molecule has 0 aromatic carbocycles. The van der Waals surface area contributed by atoms with Crippen molar-refractivity contribution < 1.29 is 9.53 Å². The van der Waals surface area contributed by atoms with Crippen LogP contribution in [0.15, 0.2) is 0 Å². The second-order valence-electron chi connectivity index (χ2n) is 6.11. The summed E-state index contributed by atoms with van der Waals surface area (Å²) in [5, 5.41) is 0. The van der Waals surface area contributed by atoms with Gasteiger partial charge in [0.1, 0.15) is 5.60 Å². The predicted molar refractivity (Wildman–Crippen MR) is 62.1 cm³/mol. The molecule has 16 heavy (non-hydrogen) atoms. The monoisotopic (exact) mass is 226 g/mol. The maximum Gasteiger partial charge on any atom is 0.410 e. The summed E-state index contributed by atoms with van der Waals surface area (Å²) in [6, 6.07) is 0.255. The van der Waals surface area contributed by atoms with E-state index in [0.29, 0.717) is 0 Å². The van der Waals surface area contributed by atoms with Gasteiger partial charge in [0.2, 0.25) is 0 Å².